The molecule has 0 amide bonds. The number of hydrogen-bond acceptors (Lipinski definition) is 1. The molecule has 3 rings (SSSR count). The van der Waals surface area contributed by atoms with Crippen molar-refractivity contribution in [2.45, 2.75) is 66.7 Å². The highest BCUT2D eigenvalue weighted by molar-refractivity contribution is 5.45. The predicted molar refractivity (Wildman–Crippen MR) is 118 cm³/mol. The lowest BCUT2D eigenvalue weighted by Gasteiger charge is -2.32. The van der Waals surface area contributed by atoms with Crippen molar-refractivity contribution in [3.05, 3.63) is 68.8 Å². The van der Waals surface area contributed by atoms with Crippen molar-refractivity contribution in [2.24, 2.45) is 5.92 Å². The molecule has 1 aliphatic rings. The summed E-state index contributed by atoms with van der Waals surface area (Å²) in [5.74, 6) is 1.34. The van der Waals surface area contributed by atoms with E-state index >= 15 is 0 Å². The van der Waals surface area contributed by atoms with E-state index in [1.807, 2.05) is 0 Å². The first-order chi connectivity index (χ1) is 12.8. The number of benzene rings is 2. The van der Waals surface area contributed by atoms with Crippen LogP contribution in [0.4, 0.5) is 0 Å². The fourth-order valence-corrected chi connectivity index (χ4v) is 4.64. The molecule has 1 saturated heterocycles. The zero-order chi connectivity index (χ0) is 19.7. The van der Waals surface area contributed by atoms with Gasteiger partial charge in [-0.2, -0.15) is 0 Å². The van der Waals surface area contributed by atoms with Crippen molar-refractivity contribution in [1.82, 2.24) is 4.90 Å². The molecule has 27 heavy (non-hydrogen) atoms. The lowest BCUT2D eigenvalue weighted by molar-refractivity contribution is 0.208. The van der Waals surface area contributed by atoms with Gasteiger partial charge in [0.2, 0.25) is 0 Å². The fraction of sp³-hybridized carbons (Fsp3) is 0.538. The van der Waals surface area contributed by atoms with Crippen LogP contribution < -0.4 is 0 Å². The van der Waals surface area contributed by atoms with Crippen molar-refractivity contribution in [3.8, 4) is 0 Å². The van der Waals surface area contributed by atoms with Gasteiger partial charge in [-0.15, -0.1) is 0 Å². The second-order valence-corrected chi connectivity index (χ2v) is 9.09. The van der Waals surface area contributed by atoms with Gasteiger partial charge >= 0.3 is 0 Å². The molecule has 0 saturated carbocycles. The van der Waals surface area contributed by atoms with Crippen LogP contribution in [0.25, 0.3) is 0 Å². The Morgan fingerprint density at radius 3 is 1.48 bits per heavy atom. The zero-order valence-electron chi connectivity index (χ0n) is 18.4. The molecule has 1 heteroatoms. The first-order valence-electron chi connectivity index (χ1n) is 10.6. The van der Waals surface area contributed by atoms with Gasteiger partial charge in [0, 0.05) is 5.92 Å². The second kappa shape index (κ2) is 8.19. The quantitative estimate of drug-likeness (QED) is 0.607. The Labute approximate surface area is 166 Å². The van der Waals surface area contributed by atoms with Gasteiger partial charge in [0.25, 0.3) is 0 Å². The van der Waals surface area contributed by atoms with Gasteiger partial charge < -0.3 is 4.90 Å². The molecule has 0 bridgehead atoms. The van der Waals surface area contributed by atoms with Gasteiger partial charge in [-0.3, -0.25) is 0 Å². The van der Waals surface area contributed by atoms with Crippen LogP contribution in [0.15, 0.2) is 24.3 Å². The fourth-order valence-electron chi connectivity index (χ4n) is 4.64. The van der Waals surface area contributed by atoms with Gasteiger partial charge in [0.15, 0.2) is 0 Å². The van der Waals surface area contributed by atoms with Crippen LogP contribution in [-0.4, -0.2) is 25.0 Å². The molecule has 1 heterocycles. The molecule has 0 N–H and O–H groups in total. The van der Waals surface area contributed by atoms with E-state index in [0.717, 1.165) is 5.92 Å². The maximum Gasteiger partial charge on any atom is 0.00923 e. The molecule has 1 fully saturated rings. The molecule has 0 aliphatic carbocycles. The maximum absolute atomic E-state index is 2.48. The highest BCUT2D eigenvalue weighted by atomic mass is 15.1. The molecule has 0 spiro atoms. The van der Waals surface area contributed by atoms with Gasteiger partial charge in [-0.05, 0) is 131 Å². The Balaban J connectivity index is 2.01. The summed E-state index contributed by atoms with van der Waals surface area (Å²) in [4.78, 5) is 2.48. The molecule has 0 aromatic heterocycles. The molecule has 0 unspecified atom stereocenters. The van der Waals surface area contributed by atoms with Crippen molar-refractivity contribution < 1.29 is 0 Å². The van der Waals surface area contributed by atoms with E-state index in [9.17, 15) is 0 Å². The molecule has 0 radical (unpaired) electrons. The van der Waals surface area contributed by atoms with E-state index in [1.165, 1.54) is 76.9 Å². The first-order valence-corrected chi connectivity index (χ1v) is 10.6. The summed E-state index contributed by atoms with van der Waals surface area (Å²) in [6.07, 6.45) is 3.94. The summed E-state index contributed by atoms with van der Waals surface area (Å²) < 4.78 is 0. The van der Waals surface area contributed by atoms with Gasteiger partial charge in [-0.25, -0.2) is 0 Å². The minimum atomic E-state index is 0.509. The van der Waals surface area contributed by atoms with Crippen LogP contribution in [-0.2, 0) is 0 Å². The van der Waals surface area contributed by atoms with Crippen molar-refractivity contribution in [2.75, 3.05) is 20.1 Å². The topological polar surface area (TPSA) is 3.24 Å². The average molecular weight is 364 g/mol. The molecular weight excluding hydrogens is 326 g/mol. The zero-order valence-corrected chi connectivity index (χ0v) is 18.4. The summed E-state index contributed by atoms with van der Waals surface area (Å²) in [6.45, 7) is 16.1. The number of nitrogens with zero attached hydrogens (tertiary/aromatic N) is 1. The smallest absolute Gasteiger partial charge is 0.00923 e. The van der Waals surface area contributed by atoms with Crippen LogP contribution in [0.2, 0.25) is 0 Å². The van der Waals surface area contributed by atoms with E-state index in [4.69, 9.17) is 0 Å². The van der Waals surface area contributed by atoms with Gasteiger partial charge in [0.05, 0.1) is 0 Å². The van der Waals surface area contributed by atoms with Crippen molar-refractivity contribution >= 4 is 0 Å². The predicted octanol–water partition coefficient (Wildman–Crippen LogP) is 6.40. The molecule has 0 atom stereocenters. The third kappa shape index (κ3) is 4.46. The third-order valence-corrected chi connectivity index (χ3v) is 7.11. The summed E-state index contributed by atoms with van der Waals surface area (Å²) in [6, 6.07) is 9.80. The number of piperidine rings is 1. The molecule has 1 aliphatic heterocycles. The summed E-state index contributed by atoms with van der Waals surface area (Å²) in [5.41, 5.74) is 11.6. The highest BCUT2D eigenvalue weighted by Gasteiger charge is 2.24. The largest absolute Gasteiger partial charge is 0.306 e. The van der Waals surface area contributed by atoms with E-state index in [0.29, 0.717) is 5.92 Å². The van der Waals surface area contributed by atoms with E-state index in [1.54, 1.807) is 0 Å². The lowest BCUT2D eigenvalue weighted by Crippen LogP contribution is -2.31. The van der Waals surface area contributed by atoms with Gasteiger partial charge in [-0.1, -0.05) is 24.3 Å². The average Bonchev–Trinajstić information content (AvgIpc) is 2.63. The number of hydrogen-bond donors (Lipinski definition) is 0. The van der Waals surface area contributed by atoms with Crippen LogP contribution in [0, 0.1) is 47.5 Å². The summed E-state index contributed by atoms with van der Waals surface area (Å²) in [5, 5.41) is 0. The molecule has 2 aromatic carbocycles. The Hall–Kier alpha value is -1.60. The van der Waals surface area contributed by atoms with Crippen LogP contribution in [0.5, 0.6) is 0 Å². The number of likely N-dealkylation sites (tertiary alicyclic amines) is 1. The Kier molecular flexibility index (Phi) is 6.11. The number of rotatable bonds is 4. The van der Waals surface area contributed by atoms with Crippen LogP contribution >= 0.6 is 0 Å². The molecule has 1 nitrogen and oxygen atoms in total. The van der Waals surface area contributed by atoms with E-state index in [2.05, 4.69) is 77.8 Å². The minimum Gasteiger partial charge on any atom is -0.306 e. The normalized spacial score (nSPS) is 16.3. The van der Waals surface area contributed by atoms with E-state index < -0.39 is 0 Å². The molecule has 2 aromatic rings. The Morgan fingerprint density at radius 2 is 1.11 bits per heavy atom. The Bertz CT molecular complexity index is 705. The maximum atomic E-state index is 2.48. The highest BCUT2D eigenvalue weighted by Crippen LogP contribution is 2.37. The SMILES string of the molecule is Cc1cc(C(CC2CCN(C)CC2)c2cc(C)c(C)c(C)c2)cc(C)c1C. The minimum absolute atomic E-state index is 0.509. The van der Waals surface area contributed by atoms with Gasteiger partial charge in [0.1, 0.15) is 0 Å². The summed E-state index contributed by atoms with van der Waals surface area (Å²) in [7, 11) is 2.26. The van der Waals surface area contributed by atoms with Crippen molar-refractivity contribution in [3.63, 3.8) is 0 Å². The van der Waals surface area contributed by atoms with Crippen LogP contribution in [0.1, 0.15) is 69.7 Å². The van der Waals surface area contributed by atoms with E-state index in [-0.39, 0.29) is 0 Å². The molecular formula is C26H37N. The van der Waals surface area contributed by atoms with Crippen molar-refractivity contribution in [1.29, 1.82) is 0 Å². The monoisotopic (exact) mass is 363 g/mol. The first kappa shape index (κ1) is 20.1. The Morgan fingerprint density at radius 1 is 0.741 bits per heavy atom. The molecule has 146 valence electrons. The standard InChI is InChI=1S/C26H37N/c1-17-12-24(13-18(2)21(17)5)26(16-23-8-10-27(7)11-9-23)25-14-19(3)22(6)20(4)15-25/h12-15,23,26H,8-11,16H2,1-7H3. The van der Waals surface area contributed by atoms with Crippen LogP contribution in [0.3, 0.4) is 0 Å². The summed E-state index contributed by atoms with van der Waals surface area (Å²) >= 11 is 0. The number of aryl methyl sites for hydroxylation is 4. The third-order valence-electron chi connectivity index (χ3n) is 7.11. The lowest BCUT2D eigenvalue weighted by atomic mass is 9.78. The second-order valence-electron chi connectivity index (χ2n) is 9.09.